The molecule has 0 N–H and O–H groups in total. The number of hydrogen-bond acceptors (Lipinski definition) is 0. The minimum atomic E-state index is 1.11. The normalized spacial score (nSPS) is 12.4. The summed E-state index contributed by atoms with van der Waals surface area (Å²) in [6, 6.07) is 160. The highest BCUT2D eigenvalue weighted by atomic mass is 15.0. The van der Waals surface area contributed by atoms with E-state index in [0.717, 1.165) is 44.9 Å². The van der Waals surface area contributed by atoms with E-state index in [1.807, 2.05) is 0 Å². The topological polar surface area (TPSA) is 19.7 Å². The smallest absolute Gasteiger partial charge is 0.0619 e. The molecule has 4 heteroatoms. The molecule has 0 amide bonds. The van der Waals surface area contributed by atoms with Gasteiger partial charge in [0.15, 0.2) is 0 Å². The molecule has 2 aliphatic carbocycles. The van der Waals surface area contributed by atoms with Gasteiger partial charge in [-0.25, -0.2) is 0 Å². The van der Waals surface area contributed by atoms with E-state index in [-0.39, 0.29) is 0 Å². The van der Waals surface area contributed by atoms with Crippen molar-refractivity contribution in [3.63, 3.8) is 0 Å². The third-order valence-corrected chi connectivity index (χ3v) is 27.7. The lowest BCUT2D eigenvalue weighted by Gasteiger charge is -2.13. The van der Waals surface area contributed by atoms with E-state index in [4.69, 9.17) is 0 Å². The van der Waals surface area contributed by atoms with Gasteiger partial charge in [0.25, 0.3) is 0 Å². The Bertz CT molecular complexity index is 9240. The number of nitrogens with zero attached hydrogens (tertiary/aromatic N) is 4. The summed E-state index contributed by atoms with van der Waals surface area (Å²) < 4.78 is 9.98. The standard InChI is InChI=1S/C120H70N4/c1-3-21-86(22-4-1)121-110-33-12-11-27-95(110)96-53-45-80(67-112(96)121)82-47-55-98-106-57-42-74-18-8-10-26-91(74)120(106)124(114(98)69-82)89-50-40-72-36-38-77(62-85(72)64-89)79-44-52-94-101-31-15-30-100-92(59-60-104(117(100)101)109(94)66-79)102-32-16-34-111-118(102)107-58-48-83(81-46-54-97-105-56-41-73-17-7-9-25-90(73)119(105)123(113(97)68-81)87-23-5-2-6-24-87)70-115(107)122(111)88-49-39-71-35-37-76(61-84(71)63-88)78-43-51-93-99-28-13-19-75-20-14-29-103(116(75)99)108(93)65-78/h1-70H. The fourth-order valence-electron chi connectivity index (χ4n) is 22.1. The van der Waals surface area contributed by atoms with Gasteiger partial charge in [0.1, 0.15) is 0 Å². The lowest BCUT2D eigenvalue weighted by Crippen LogP contribution is -1.95. The lowest BCUT2D eigenvalue weighted by molar-refractivity contribution is 1.18. The van der Waals surface area contributed by atoms with Gasteiger partial charge < -0.3 is 18.3 Å². The van der Waals surface area contributed by atoms with Crippen molar-refractivity contribution in [1.29, 1.82) is 0 Å². The van der Waals surface area contributed by atoms with E-state index in [0.29, 0.717) is 0 Å². The zero-order valence-corrected chi connectivity index (χ0v) is 67.2. The Labute approximate surface area is 712 Å². The van der Waals surface area contributed by atoms with Gasteiger partial charge in [0.2, 0.25) is 0 Å². The van der Waals surface area contributed by atoms with Gasteiger partial charge in [-0.05, 0) is 263 Å². The van der Waals surface area contributed by atoms with Crippen LogP contribution in [0.5, 0.6) is 0 Å². The second-order valence-electron chi connectivity index (χ2n) is 34.1. The van der Waals surface area contributed by atoms with Gasteiger partial charge in [0.05, 0.1) is 44.1 Å². The summed E-state index contributed by atoms with van der Waals surface area (Å²) in [6.07, 6.45) is 0. The second kappa shape index (κ2) is 25.6. The summed E-state index contributed by atoms with van der Waals surface area (Å²) in [5.41, 5.74) is 36.2. The number of para-hydroxylation sites is 3. The first-order valence-electron chi connectivity index (χ1n) is 43.1. The van der Waals surface area contributed by atoms with Crippen LogP contribution in [0.3, 0.4) is 0 Å². The Balaban J connectivity index is 0.574. The van der Waals surface area contributed by atoms with Crippen LogP contribution in [-0.4, -0.2) is 18.3 Å². The highest BCUT2D eigenvalue weighted by Crippen LogP contribution is 2.54. The maximum atomic E-state index is 2.55. The largest absolute Gasteiger partial charge is 0.309 e. The predicted molar refractivity (Wildman–Crippen MR) is 525 cm³/mol. The van der Waals surface area contributed by atoms with E-state index in [2.05, 4.69) is 443 Å². The molecule has 0 atom stereocenters. The molecule has 22 aromatic carbocycles. The zero-order chi connectivity index (χ0) is 80.7. The first-order chi connectivity index (χ1) is 61.5. The summed E-state index contributed by atoms with van der Waals surface area (Å²) in [6.45, 7) is 0. The maximum absolute atomic E-state index is 2.55. The summed E-state index contributed by atoms with van der Waals surface area (Å²) in [5.74, 6) is 0. The fraction of sp³-hybridized carbons (Fsp3) is 0. The SMILES string of the molecule is c1ccc(-n2c3ccccc3c3ccc(-c4ccc5c6ccc7ccccc7c6n(-c6ccc7ccc(-c8ccc9c(c8)-c8ccc(-c%10cccc%11c%10c%10ccc(-c%12ccc%13c%14ccc%15ccccc%15c%14n(-c%14ccccc%14)c%13c%12)cc%10n%11-c%10ccc%11ccc(-c%12ccc%13c(c%12)-c%12cccc%14cccc-%13c%12%14)cc%11c%10)c%10cccc-9c8%10)cc7c6)c5c4)cc32)cc1. The Morgan fingerprint density at radius 3 is 1.05 bits per heavy atom. The van der Waals surface area contributed by atoms with E-state index in [1.165, 1.54) is 230 Å². The number of aromatic nitrogens is 4. The average molecular weight is 1570 g/mol. The van der Waals surface area contributed by atoms with Crippen molar-refractivity contribution >= 4 is 152 Å². The van der Waals surface area contributed by atoms with Crippen LogP contribution in [0.1, 0.15) is 0 Å². The molecule has 0 unspecified atom stereocenters. The molecule has 0 spiro atoms. The van der Waals surface area contributed by atoms with Crippen molar-refractivity contribution in [3.8, 4) is 123 Å². The minimum absolute atomic E-state index is 1.11. The number of fused-ring (bicyclic) bond motifs is 24. The van der Waals surface area contributed by atoms with Crippen LogP contribution in [0, 0.1) is 0 Å². The van der Waals surface area contributed by atoms with Crippen molar-refractivity contribution < 1.29 is 0 Å². The van der Waals surface area contributed by atoms with Crippen LogP contribution in [-0.2, 0) is 0 Å². The molecule has 4 aromatic heterocycles. The summed E-state index contributed by atoms with van der Waals surface area (Å²) >= 11 is 0. The van der Waals surface area contributed by atoms with Crippen LogP contribution >= 0.6 is 0 Å². The highest BCUT2D eigenvalue weighted by Gasteiger charge is 2.29. The number of rotatable bonds is 9. The molecule has 0 saturated heterocycles. The molecule has 0 radical (unpaired) electrons. The zero-order valence-electron chi connectivity index (χ0n) is 67.2. The number of hydrogen-bond donors (Lipinski definition) is 0. The van der Waals surface area contributed by atoms with Crippen molar-refractivity contribution in [3.05, 3.63) is 425 Å². The molecule has 28 rings (SSSR count). The average Bonchev–Trinajstić information content (AvgIpc) is 1.57. The Kier molecular flexibility index (Phi) is 13.9. The quantitative estimate of drug-likeness (QED) is 0.137. The number of benzene rings is 22. The molecule has 0 bridgehead atoms. The molecule has 124 heavy (non-hydrogen) atoms. The molecule has 26 aromatic rings. The molecule has 0 fully saturated rings. The van der Waals surface area contributed by atoms with Crippen LogP contribution in [0.15, 0.2) is 425 Å². The molecular weight excluding hydrogens is 1500 g/mol. The monoisotopic (exact) mass is 1570 g/mol. The van der Waals surface area contributed by atoms with Crippen molar-refractivity contribution in [2.75, 3.05) is 0 Å². The fourth-order valence-corrected chi connectivity index (χ4v) is 22.1. The third kappa shape index (κ3) is 9.67. The van der Waals surface area contributed by atoms with Gasteiger partial charge in [0, 0.05) is 76.6 Å². The van der Waals surface area contributed by atoms with Crippen molar-refractivity contribution in [2.45, 2.75) is 0 Å². The second-order valence-corrected chi connectivity index (χ2v) is 34.1. The summed E-state index contributed by atoms with van der Waals surface area (Å²) in [4.78, 5) is 0. The van der Waals surface area contributed by atoms with Crippen molar-refractivity contribution in [1.82, 2.24) is 18.3 Å². The van der Waals surface area contributed by atoms with E-state index in [9.17, 15) is 0 Å². The highest BCUT2D eigenvalue weighted by molar-refractivity contribution is 6.26. The summed E-state index contributed by atoms with van der Waals surface area (Å²) in [7, 11) is 0. The van der Waals surface area contributed by atoms with E-state index in [1.54, 1.807) is 0 Å². The van der Waals surface area contributed by atoms with Crippen molar-refractivity contribution in [2.24, 2.45) is 0 Å². The molecular formula is C120H70N4. The van der Waals surface area contributed by atoms with Gasteiger partial charge in [-0.15, -0.1) is 0 Å². The third-order valence-electron chi connectivity index (χ3n) is 27.7. The van der Waals surface area contributed by atoms with Crippen LogP contribution in [0.4, 0.5) is 0 Å². The lowest BCUT2D eigenvalue weighted by atomic mass is 9.91. The molecule has 0 saturated carbocycles. The maximum Gasteiger partial charge on any atom is 0.0619 e. The van der Waals surface area contributed by atoms with E-state index < -0.39 is 0 Å². The Hall–Kier alpha value is -16.4. The van der Waals surface area contributed by atoms with Crippen LogP contribution < -0.4 is 0 Å². The molecule has 4 nitrogen and oxygen atoms in total. The predicted octanol–water partition coefficient (Wildman–Crippen LogP) is 32.6. The van der Waals surface area contributed by atoms with Gasteiger partial charge >= 0.3 is 0 Å². The van der Waals surface area contributed by atoms with Gasteiger partial charge in [-0.2, -0.15) is 0 Å². The van der Waals surface area contributed by atoms with Gasteiger partial charge in [-0.3, -0.25) is 0 Å². The minimum Gasteiger partial charge on any atom is -0.309 e. The van der Waals surface area contributed by atoms with Crippen LogP contribution in [0.2, 0.25) is 0 Å². The molecule has 0 aliphatic heterocycles. The molecule has 4 heterocycles. The summed E-state index contributed by atoms with van der Waals surface area (Å²) in [5, 5.41) is 24.7. The van der Waals surface area contributed by atoms with Crippen LogP contribution in [0.25, 0.3) is 275 Å². The Morgan fingerprint density at radius 2 is 0.460 bits per heavy atom. The first-order valence-corrected chi connectivity index (χ1v) is 43.1. The first kappa shape index (κ1) is 67.5. The van der Waals surface area contributed by atoms with E-state index >= 15 is 0 Å². The Morgan fingerprint density at radius 1 is 0.121 bits per heavy atom. The molecule has 2 aliphatic rings. The van der Waals surface area contributed by atoms with Gasteiger partial charge in [-0.1, -0.05) is 315 Å². The molecule has 570 valence electrons.